The van der Waals surface area contributed by atoms with Crippen LogP contribution in [-0.4, -0.2) is 41.9 Å². The normalized spacial score (nSPS) is 19.6. The van der Waals surface area contributed by atoms with Gasteiger partial charge in [-0.25, -0.2) is 0 Å². The van der Waals surface area contributed by atoms with Crippen molar-refractivity contribution in [1.82, 2.24) is 9.80 Å². The fourth-order valence-corrected chi connectivity index (χ4v) is 7.01. The quantitative estimate of drug-likeness (QED) is 0.401. The molecule has 2 heterocycles. The minimum atomic E-state index is -0.327. The zero-order chi connectivity index (χ0) is 24.3. The van der Waals surface area contributed by atoms with Crippen molar-refractivity contribution >= 4 is 11.5 Å². The molecule has 7 rings (SSSR count). The first-order valence-electron chi connectivity index (χ1n) is 13.2. The third-order valence-electron chi connectivity index (χ3n) is 8.48. The summed E-state index contributed by atoms with van der Waals surface area (Å²) in [5, 5.41) is 0. The number of allylic oxidation sites excluding steroid dienone is 4. The van der Waals surface area contributed by atoms with E-state index in [2.05, 4.69) is 102 Å². The van der Waals surface area contributed by atoms with Crippen molar-refractivity contribution in [3.8, 4) is 11.1 Å². The van der Waals surface area contributed by atoms with Gasteiger partial charge in [0.05, 0.1) is 5.41 Å². The van der Waals surface area contributed by atoms with E-state index in [9.17, 15) is 0 Å². The molecule has 3 heteroatoms. The van der Waals surface area contributed by atoms with Crippen LogP contribution in [0.15, 0.2) is 108 Å². The van der Waals surface area contributed by atoms with Crippen LogP contribution < -0.4 is 0 Å². The standard InChI is InChI=1S/C33H31N3/c1-3-24(36-21-11-20-35-19-10-18-34-32(35)36)22-31-23(2)25-12-4-7-15-28(25)33(31)29-16-8-5-13-26(29)27-14-6-9-17-30(27)33/h3-9,12-17,22H,1,10-11,18-21H2,2H3/b24-22+. The van der Waals surface area contributed by atoms with Crippen LogP contribution >= 0.6 is 0 Å². The van der Waals surface area contributed by atoms with Crippen molar-refractivity contribution < 1.29 is 0 Å². The van der Waals surface area contributed by atoms with E-state index in [-0.39, 0.29) is 5.41 Å². The maximum atomic E-state index is 4.96. The molecule has 2 aliphatic carbocycles. The molecule has 0 saturated carbocycles. The molecule has 0 aromatic heterocycles. The van der Waals surface area contributed by atoms with Crippen LogP contribution in [0.5, 0.6) is 0 Å². The summed E-state index contributed by atoms with van der Waals surface area (Å²) < 4.78 is 0. The Kier molecular flexibility index (Phi) is 4.82. The summed E-state index contributed by atoms with van der Waals surface area (Å²) in [6.07, 6.45) is 6.73. The van der Waals surface area contributed by atoms with Crippen LogP contribution in [0.1, 0.15) is 42.0 Å². The second-order valence-electron chi connectivity index (χ2n) is 10.2. The summed E-state index contributed by atoms with van der Waals surface area (Å²) in [6.45, 7) is 10.7. The number of rotatable bonds is 3. The summed E-state index contributed by atoms with van der Waals surface area (Å²) in [5.74, 6) is 1.12. The molecule has 3 aromatic carbocycles. The molecule has 0 atom stereocenters. The Bertz CT molecular complexity index is 1440. The maximum Gasteiger partial charge on any atom is 0.201 e. The molecule has 3 nitrogen and oxygen atoms in total. The Hall–Kier alpha value is -3.85. The van der Waals surface area contributed by atoms with Crippen LogP contribution in [0, 0.1) is 0 Å². The molecular weight excluding hydrogens is 438 g/mol. The largest absolute Gasteiger partial charge is 0.342 e. The first kappa shape index (κ1) is 21.4. The summed E-state index contributed by atoms with van der Waals surface area (Å²) in [4.78, 5) is 9.81. The average molecular weight is 470 g/mol. The highest BCUT2D eigenvalue weighted by Gasteiger charge is 2.51. The minimum absolute atomic E-state index is 0.327. The van der Waals surface area contributed by atoms with E-state index >= 15 is 0 Å². The van der Waals surface area contributed by atoms with Gasteiger partial charge in [-0.3, -0.25) is 4.99 Å². The minimum Gasteiger partial charge on any atom is -0.342 e. The van der Waals surface area contributed by atoms with Gasteiger partial charge in [-0.15, -0.1) is 0 Å². The Morgan fingerprint density at radius 3 is 2.06 bits per heavy atom. The van der Waals surface area contributed by atoms with Crippen LogP contribution in [0.2, 0.25) is 0 Å². The summed E-state index contributed by atoms with van der Waals surface area (Å²) in [5.41, 5.74) is 11.7. The van der Waals surface area contributed by atoms with Crippen molar-refractivity contribution in [3.05, 3.63) is 125 Å². The van der Waals surface area contributed by atoms with Crippen molar-refractivity contribution in [2.75, 3.05) is 26.2 Å². The van der Waals surface area contributed by atoms with Gasteiger partial charge in [0.1, 0.15) is 0 Å². The van der Waals surface area contributed by atoms with Gasteiger partial charge < -0.3 is 9.80 Å². The van der Waals surface area contributed by atoms with Crippen LogP contribution in [0.4, 0.5) is 0 Å². The second-order valence-corrected chi connectivity index (χ2v) is 10.2. The van der Waals surface area contributed by atoms with E-state index in [0.717, 1.165) is 50.7 Å². The predicted octanol–water partition coefficient (Wildman–Crippen LogP) is 6.63. The molecule has 2 aliphatic heterocycles. The van der Waals surface area contributed by atoms with Crippen molar-refractivity contribution in [2.24, 2.45) is 4.99 Å². The monoisotopic (exact) mass is 469 g/mol. The number of fused-ring (bicyclic) bond motifs is 8. The van der Waals surface area contributed by atoms with Gasteiger partial charge in [-0.2, -0.15) is 0 Å². The van der Waals surface area contributed by atoms with Gasteiger partial charge in [-0.05, 0) is 76.4 Å². The van der Waals surface area contributed by atoms with E-state index in [1.165, 1.54) is 44.5 Å². The zero-order valence-electron chi connectivity index (χ0n) is 20.9. The van der Waals surface area contributed by atoms with E-state index in [1.807, 2.05) is 6.08 Å². The Morgan fingerprint density at radius 1 is 0.806 bits per heavy atom. The van der Waals surface area contributed by atoms with Crippen molar-refractivity contribution in [1.29, 1.82) is 0 Å². The molecule has 0 N–H and O–H groups in total. The Balaban J connectivity index is 1.50. The van der Waals surface area contributed by atoms with Crippen molar-refractivity contribution in [3.63, 3.8) is 0 Å². The lowest BCUT2D eigenvalue weighted by Gasteiger charge is -2.42. The molecular formula is C33H31N3. The van der Waals surface area contributed by atoms with Gasteiger partial charge >= 0.3 is 0 Å². The van der Waals surface area contributed by atoms with Gasteiger partial charge in [0, 0.05) is 31.9 Å². The smallest absolute Gasteiger partial charge is 0.201 e. The average Bonchev–Trinajstić information content (AvgIpc) is 3.37. The highest BCUT2D eigenvalue weighted by atomic mass is 15.4. The number of nitrogens with zero attached hydrogens (tertiary/aromatic N) is 3. The number of hydrogen-bond acceptors (Lipinski definition) is 3. The summed E-state index contributed by atoms with van der Waals surface area (Å²) in [6, 6.07) is 26.9. The maximum absolute atomic E-state index is 4.96. The molecule has 3 aromatic rings. The van der Waals surface area contributed by atoms with Gasteiger partial charge in [0.15, 0.2) is 0 Å². The summed E-state index contributed by atoms with van der Waals surface area (Å²) >= 11 is 0. The molecule has 4 aliphatic rings. The number of hydrogen-bond donors (Lipinski definition) is 0. The highest BCUT2D eigenvalue weighted by Crippen LogP contribution is 2.62. The fraction of sp³-hybridized carbons (Fsp3) is 0.242. The van der Waals surface area contributed by atoms with E-state index < -0.39 is 0 Å². The van der Waals surface area contributed by atoms with Crippen LogP contribution in [0.25, 0.3) is 16.7 Å². The topological polar surface area (TPSA) is 18.8 Å². The molecule has 178 valence electrons. The van der Waals surface area contributed by atoms with Crippen LogP contribution in [-0.2, 0) is 5.41 Å². The van der Waals surface area contributed by atoms with E-state index in [0.29, 0.717) is 0 Å². The molecule has 1 fully saturated rings. The molecule has 0 bridgehead atoms. The van der Waals surface area contributed by atoms with Gasteiger partial charge in [-0.1, -0.05) is 79.4 Å². The lowest BCUT2D eigenvalue weighted by atomic mass is 9.69. The molecule has 0 radical (unpaired) electrons. The molecule has 1 saturated heterocycles. The van der Waals surface area contributed by atoms with Crippen LogP contribution in [0.3, 0.4) is 0 Å². The van der Waals surface area contributed by atoms with E-state index in [1.54, 1.807) is 0 Å². The van der Waals surface area contributed by atoms with E-state index in [4.69, 9.17) is 4.99 Å². The molecule has 1 spiro atoms. The molecule has 0 amide bonds. The lowest BCUT2D eigenvalue weighted by Crippen LogP contribution is -2.51. The number of aliphatic imine (C=N–C) groups is 1. The Morgan fingerprint density at radius 2 is 1.39 bits per heavy atom. The molecule has 36 heavy (non-hydrogen) atoms. The zero-order valence-corrected chi connectivity index (χ0v) is 20.9. The van der Waals surface area contributed by atoms with Crippen molar-refractivity contribution in [2.45, 2.75) is 25.2 Å². The van der Waals surface area contributed by atoms with Gasteiger partial charge in [0.25, 0.3) is 0 Å². The fourth-order valence-electron chi connectivity index (χ4n) is 7.01. The van der Waals surface area contributed by atoms with Gasteiger partial charge in [0.2, 0.25) is 5.96 Å². The number of guanidine groups is 1. The number of benzene rings is 3. The third-order valence-corrected chi connectivity index (χ3v) is 8.48. The molecule has 0 unspecified atom stereocenters. The first-order valence-corrected chi connectivity index (χ1v) is 13.2. The lowest BCUT2D eigenvalue weighted by molar-refractivity contribution is 0.276. The Labute approximate surface area is 213 Å². The summed E-state index contributed by atoms with van der Waals surface area (Å²) in [7, 11) is 0. The highest BCUT2D eigenvalue weighted by molar-refractivity contribution is 5.95. The SMILES string of the molecule is C=C/C(=C\C1=C(C)c2ccccc2C12c1ccccc1-c1ccccc12)N1CCCN2CCCN=C21. The predicted molar refractivity (Wildman–Crippen MR) is 149 cm³/mol. The first-order chi connectivity index (χ1) is 17.7. The third kappa shape index (κ3) is 2.77. The second kappa shape index (κ2) is 8.09.